The molecule has 0 aliphatic heterocycles. The number of nitrogens with two attached hydrogens (primary N) is 2. The van der Waals surface area contributed by atoms with E-state index in [-0.39, 0.29) is 0 Å². The lowest BCUT2D eigenvalue weighted by Crippen LogP contribution is -2.10. The molecular formula is C10H10N4OS2. The molecule has 1 heterocycles. The quantitative estimate of drug-likeness (QED) is 0.818. The van der Waals surface area contributed by atoms with E-state index in [0.29, 0.717) is 10.7 Å². The van der Waals surface area contributed by atoms with Crippen LogP contribution in [0.5, 0.6) is 0 Å². The van der Waals surface area contributed by atoms with Crippen molar-refractivity contribution in [3.05, 3.63) is 35.4 Å². The van der Waals surface area contributed by atoms with Crippen molar-refractivity contribution in [1.29, 1.82) is 0 Å². The lowest BCUT2D eigenvalue weighted by molar-refractivity contribution is 0.100. The Morgan fingerprint density at radius 3 is 2.53 bits per heavy atom. The molecule has 0 aliphatic rings. The fourth-order valence-electron chi connectivity index (χ4n) is 1.19. The van der Waals surface area contributed by atoms with Crippen LogP contribution in [0.25, 0.3) is 0 Å². The van der Waals surface area contributed by atoms with Gasteiger partial charge in [-0.15, -0.1) is 10.2 Å². The first kappa shape index (κ1) is 11.9. The third kappa shape index (κ3) is 3.18. The van der Waals surface area contributed by atoms with Gasteiger partial charge in [-0.1, -0.05) is 35.2 Å². The van der Waals surface area contributed by atoms with Gasteiger partial charge in [0.2, 0.25) is 11.0 Å². The third-order valence-corrected chi connectivity index (χ3v) is 3.98. The van der Waals surface area contributed by atoms with Crippen molar-refractivity contribution in [2.45, 2.75) is 10.1 Å². The second-order valence-corrected chi connectivity index (χ2v) is 5.49. The van der Waals surface area contributed by atoms with Gasteiger partial charge >= 0.3 is 0 Å². The van der Waals surface area contributed by atoms with Crippen molar-refractivity contribution in [3.8, 4) is 0 Å². The summed E-state index contributed by atoms with van der Waals surface area (Å²) in [6.07, 6.45) is 0. The number of nitrogens with zero attached hydrogens (tertiary/aromatic N) is 2. The second-order valence-electron chi connectivity index (χ2n) is 3.26. The summed E-state index contributed by atoms with van der Waals surface area (Å²) in [5.41, 5.74) is 12.2. The van der Waals surface area contributed by atoms with E-state index in [1.807, 2.05) is 12.1 Å². The molecule has 4 N–H and O–H groups in total. The smallest absolute Gasteiger partial charge is 0.248 e. The zero-order valence-corrected chi connectivity index (χ0v) is 10.4. The highest BCUT2D eigenvalue weighted by Crippen LogP contribution is 2.26. The molecule has 0 aliphatic carbocycles. The molecule has 17 heavy (non-hydrogen) atoms. The molecule has 0 radical (unpaired) electrons. The summed E-state index contributed by atoms with van der Waals surface area (Å²) in [7, 11) is 0. The van der Waals surface area contributed by atoms with Crippen molar-refractivity contribution >= 4 is 34.1 Å². The van der Waals surface area contributed by atoms with Crippen molar-refractivity contribution in [2.24, 2.45) is 5.73 Å². The van der Waals surface area contributed by atoms with E-state index >= 15 is 0 Å². The summed E-state index contributed by atoms with van der Waals surface area (Å²) in [4.78, 5) is 10.9. The SMILES string of the molecule is NC(=O)c1ccc(CSc2nnc(N)s2)cc1. The van der Waals surface area contributed by atoms with E-state index in [9.17, 15) is 4.79 Å². The Kier molecular flexibility index (Phi) is 3.60. The average Bonchev–Trinajstić information content (AvgIpc) is 2.73. The minimum Gasteiger partial charge on any atom is -0.374 e. The number of amides is 1. The number of hydrogen-bond donors (Lipinski definition) is 2. The van der Waals surface area contributed by atoms with E-state index in [1.54, 1.807) is 23.9 Å². The van der Waals surface area contributed by atoms with E-state index in [1.165, 1.54) is 11.3 Å². The fourth-order valence-corrected chi connectivity index (χ4v) is 2.78. The molecule has 0 atom stereocenters. The summed E-state index contributed by atoms with van der Waals surface area (Å²) < 4.78 is 0.835. The van der Waals surface area contributed by atoms with Gasteiger partial charge < -0.3 is 11.5 Å². The summed E-state index contributed by atoms with van der Waals surface area (Å²) >= 11 is 2.92. The largest absolute Gasteiger partial charge is 0.374 e. The maximum Gasteiger partial charge on any atom is 0.248 e. The van der Waals surface area contributed by atoms with E-state index in [0.717, 1.165) is 15.7 Å². The minimum atomic E-state index is -0.416. The van der Waals surface area contributed by atoms with Gasteiger partial charge in [-0.2, -0.15) is 0 Å². The second kappa shape index (κ2) is 5.15. The van der Waals surface area contributed by atoms with Crippen LogP contribution in [-0.4, -0.2) is 16.1 Å². The Morgan fingerprint density at radius 2 is 2.00 bits per heavy atom. The van der Waals surface area contributed by atoms with Crippen LogP contribution in [0.4, 0.5) is 5.13 Å². The molecule has 5 nitrogen and oxygen atoms in total. The highest BCUT2D eigenvalue weighted by molar-refractivity contribution is 8.00. The number of primary amides is 1. The third-order valence-electron chi connectivity index (χ3n) is 2.02. The van der Waals surface area contributed by atoms with Gasteiger partial charge in [-0.3, -0.25) is 4.79 Å². The van der Waals surface area contributed by atoms with Gasteiger partial charge in [-0.25, -0.2) is 0 Å². The van der Waals surface area contributed by atoms with Gasteiger partial charge in [0.25, 0.3) is 0 Å². The van der Waals surface area contributed by atoms with E-state index in [2.05, 4.69) is 10.2 Å². The zero-order valence-electron chi connectivity index (χ0n) is 8.79. The number of nitrogen functional groups attached to an aromatic ring is 1. The van der Waals surface area contributed by atoms with Crippen LogP contribution >= 0.6 is 23.1 Å². The molecule has 7 heteroatoms. The Bertz CT molecular complexity index is 523. The van der Waals surface area contributed by atoms with Gasteiger partial charge in [-0.05, 0) is 17.7 Å². The summed E-state index contributed by atoms with van der Waals surface area (Å²) in [6, 6.07) is 7.17. The highest BCUT2D eigenvalue weighted by atomic mass is 32.2. The number of carbonyl (C=O) groups excluding carboxylic acids is 1. The average molecular weight is 266 g/mol. The maximum atomic E-state index is 10.9. The molecule has 2 aromatic rings. The first-order valence-electron chi connectivity index (χ1n) is 4.75. The molecule has 0 saturated carbocycles. The molecular weight excluding hydrogens is 256 g/mol. The lowest BCUT2D eigenvalue weighted by Gasteiger charge is -2.00. The first-order chi connectivity index (χ1) is 8.15. The van der Waals surface area contributed by atoms with Crippen molar-refractivity contribution < 1.29 is 4.79 Å². The van der Waals surface area contributed by atoms with E-state index < -0.39 is 5.91 Å². The maximum absolute atomic E-state index is 10.9. The molecule has 2 rings (SSSR count). The van der Waals surface area contributed by atoms with Gasteiger partial charge in [0.15, 0.2) is 4.34 Å². The Labute approximate surface area is 106 Å². The molecule has 0 bridgehead atoms. The lowest BCUT2D eigenvalue weighted by atomic mass is 10.1. The van der Waals surface area contributed by atoms with Crippen molar-refractivity contribution in [3.63, 3.8) is 0 Å². The fraction of sp³-hybridized carbons (Fsp3) is 0.100. The Balaban J connectivity index is 1.97. The van der Waals surface area contributed by atoms with E-state index in [4.69, 9.17) is 11.5 Å². The van der Waals surface area contributed by atoms with Crippen molar-refractivity contribution in [1.82, 2.24) is 10.2 Å². The van der Waals surface area contributed by atoms with Crippen LogP contribution in [0.3, 0.4) is 0 Å². The molecule has 1 aromatic heterocycles. The number of anilines is 1. The monoisotopic (exact) mass is 266 g/mol. The van der Waals surface area contributed by atoms with Gasteiger partial charge in [0.1, 0.15) is 0 Å². The van der Waals surface area contributed by atoms with Crippen LogP contribution in [0, 0.1) is 0 Å². The number of aromatic nitrogens is 2. The number of hydrogen-bond acceptors (Lipinski definition) is 6. The number of benzene rings is 1. The molecule has 1 aromatic carbocycles. The van der Waals surface area contributed by atoms with Crippen LogP contribution in [0.2, 0.25) is 0 Å². The minimum absolute atomic E-state index is 0.416. The van der Waals surface area contributed by atoms with Crippen molar-refractivity contribution in [2.75, 3.05) is 5.73 Å². The predicted octanol–water partition coefficient (Wildman–Crippen LogP) is 1.51. The standard InChI is InChI=1S/C10H10N4OS2/c11-8(15)7-3-1-6(2-4-7)5-16-10-14-13-9(12)17-10/h1-4H,5H2,(H2,11,15)(H2,12,13). The topological polar surface area (TPSA) is 94.9 Å². The van der Waals surface area contributed by atoms with Crippen LogP contribution in [0.1, 0.15) is 15.9 Å². The normalized spacial score (nSPS) is 10.4. The first-order valence-corrected chi connectivity index (χ1v) is 6.56. The summed E-state index contributed by atoms with van der Waals surface area (Å²) in [5, 5.41) is 8.11. The Morgan fingerprint density at radius 1 is 1.29 bits per heavy atom. The molecule has 0 spiro atoms. The molecule has 0 unspecified atom stereocenters. The molecule has 0 saturated heterocycles. The number of thioether (sulfide) groups is 1. The molecule has 0 fully saturated rings. The van der Waals surface area contributed by atoms with Gasteiger partial charge in [0, 0.05) is 11.3 Å². The van der Waals surface area contributed by atoms with Crippen LogP contribution in [0.15, 0.2) is 28.6 Å². The zero-order chi connectivity index (χ0) is 12.3. The van der Waals surface area contributed by atoms with Crippen LogP contribution < -0.4 is 11.5 Å². The summed E-state index contributed by atoms with van der Waals surface area (Å²) in [5.74, 6) is 0.342. The predicted molar refractivity (Wildman–Crippen MR) is 68.8 cm³/mol. The summed E-state index contributed by atoms with van der Waals surface area (Å²) in [6.45, 7) is 0. The molecule has 1 amide bonds. The number of rotatable bonds is 4. The highest BCUT2D eigenvalue weighted by Gasteiger charge is 2.03. The Hall–Kier alpha value is -1.60. The number of carbonyl (C=O) groups is 1. The molecule has 88 valence electrons. The van der Waals surface area contributed by atoms with Crippen LogP contribution in [-0.2, 0) is 5.75 Å². The van der Waals surface area contributed by atoms with Gasteiger partial charge in [0.05, 0.1) is 0 Å².